The van der Waals surface area contributed by atoms with Crippen molar-refractivity contribution in [2.24, 2.45) is 7.05 Å². The molecule has 0 bridgehead atoms. The highest BCUT2D eigenvalue weighted by molar-refractivity contribution is 7.97. The minimum absolute atomic E-state index is 0.0137. The first-order chi connectivity index (χ1) is 10.7. The fraction of sp³-hybridized carbons (Fsp3) is 0.267. The molecule has 1 aromatic heterocycles. The SMILES string of the molecule is Cc1ccc(C(NSc2cc(=O)n(C)cc2F)C(F)(F)F)cc1. The predicted octanol–water partition coefficient (Wildman–Crippen LogP) is 3.73. The third kappa shape index (κ3) is 4.35. The van der Waals surface area contributed by atoms with E-state index in [9.17, 15) is 22.4 Å². The molecule has 1 atom stereocenters. The molecule has 0 saturated carbocycles. The summed E-state index contributed by atoms with van der Waals surface area (Å²) in [5.74, 6) is -0.769. The molecule has 0 amide bonds. The molecule has 23 heavy (non-hydrogen) atoms. The average Bonchev–Trinajstić information content (AvgIpc) is 2.45. The summed E-state index contributed by atoms with van der Waals surface area (Å²) >= 11 is 0.446. The molecule has 0 saturated heterocycles. The van der Waals surface area contributed by atoms with Crippen molar-refractivity contribution in [1.82, 2.24) is 9.29 Å². The molecule has 8 heteroatoms. The van der Waals surface area contributed by atoms with Crippen molar-refractivity contribution in [1.29, 1.82) is 0 Å². The first-order valence-corrected chi connectivity index (χ1v) is 7.42. The Morgan fingerprint density at radius 2 is 1.83 bits per heavy atom. The Bertz CT molecular complexity index is 741. The molecule has 0 spiro atoms. The van der Waals surface area contributed by atoms with Crippen LogP contribution in [-0.2, 0) is 7.05 Å². The number of nitrogens with zero attached hydrogens (tertiary/aromatic N) is 1. The highest BCUT2D eigenvalue weighted by Crippen LogP contribution is 2.35. The normalized spacial score (nSPS) is 13.1. The highest BCUT2D eigenvalue weighted by Gasteiger charge is 2.41. The van der Waals surface area contributed by atoms with Gasteiger partial charge in [-0.1, -0.05) is 29.8 Å². The number of nitrogens with one attached hydrogen (secondary N) is 1. The van der Waals surface area contributed by atoms with E-state index in [0.717, 1.165) is 22.4 Å². The van der Waals surface area contributed by atoms with Crippen LogP contribution in [-0.4, -0.2) is 10.7 Å². The molecular weight excluding hydrogens is 332 g/mol. The maximum Gasteiger partial charge on any atom is 0.408 e. The third-order valence-electron chi connectivity index (χ3n) is 3.17. The summed E-state index contributed by atoms with van der Waals surface area (Å²) in [5, 5.41) is 0. The zero-order chi connectivity index (χ0) is 17.2. The van der Waals surface area contributed by atoms with E-state index in [4.69, 9.17) is 0 Å². The highest BCUT2D eigenvalue weighted by atomic mass is 32.2. The number of alkyl halides is 3. The lowest BCUT2D eigenvalue weighted by Crippen LogP contribution is -2.30. The van der Waals surface area contributed by atoms with Gasteiger partial charge in [0.25, 0.3) is 5.56 Å². The molecule has 0 aliphatic carbocycles. The van der Waals surface area contributed by atoms with Gasteiger partial charge >= 0.3 is 6.18 Å². The largest absolute Gasteiger partial charge is 0.408 e. The van der Waals surface area contributed by atoms with E-state index in [-0.39, 0.29) is 10.5 Å². The number of hydrogen-bond donors (Lipinski definition) is 1. The second-order valence-electron chi connectivity index (χ2n) is 5.04. The van der Waals surface area contributed by atoms with Crippen molar-refractivity contribution < 1.29 is 17.6 Å². The van der Waals surface area contributed by atoms with Crippen LogP contribution < -0.4 is 10.3 Å². The van der Waals surface area contributed by atoms with E-state index in [2.05, 4.69) is 4.72 Å². The fourth-order valence-electron chi connectivity index (χ4n) is 1.86. The lowest BCUT2D eigenvalue weighted by molar-refractivity contribution is -0.152. The standard InChI is InChI=1S/C15H14F4N2OS/c1-9-3-5-10(6-4-9)14(15(17,18)19)20-23-12-7-13(22)21(2)8-11(12)16/h3-8,14,20H,1-2H3. The predicted molar refractivity (Wildman–Crippen MR) is 80.6 cm³/mol. The smallest absolute Gasteiger partial charge is 0.316 e. The second kappa shape index (κ2) is 6.76. The second-order valence-corrected chi connectivity index (χ2v) is 5.92. The maximum absolute atomic E-state index is 13.7. The number of aromatic nitrogens is 1. The van der Waals surface area contributed by atoms with Gasteiger partial charge < -0.3 is 4.57 Å². The van der Waals surface area contributed by atoms with Crippen LogP contribution in [0.15, 0.2) is 46.2 Å². The summed E-state index contributed by atoms with van der Waals surface area (Å²) in [7, 11) is 1.36. The van der Waals surface area contributed by atoms with Crippen LogP contribution in [0.25, 0.3) is 0 Å². The summed E-state index contributed by atoms with van der Waals surface area (Å²) in [6.45, 7) is 1.77. The molecule has 0 aliphatic rings. The van der Waals surface area contributed by atoms with E-state index < -0.39 is 23.6 Å². The lowest BCUT2D eigenvalue weighted by Gasteiger charge is -2.21. The zero-order valence-corrected chi connectivity index (χ0v) is 13.1. The monoisotopic (exact) mass is 346 g/mol. The zero-order valence-electron chi connectivity index (χ0n) is 12.3. The van der Waals surface area contributed by atoms with Crippen molar-refractivity contribution in [3.05, 3.63) is 63.8 Å². The van der Waals surface area contributed by atoms with Crippen LogP contribution in [0, 0.1) is 12.7 Å². The number of aryl methyl sites for hydroxylation is 2. The number of halogens is 4. The average molecular weight is 346 g/mol. The Balaban J connectivity index is 2.25. The first-order valence-electron chi connectivity index (χ1n) is 6.60. The van der Waals surface area contributed by atoms with E-state index in [1.165, 1.54) is 19.2 Å². The van der Waals surface area contributed by atoms with Gasteiger partial charge in [0.1, 0.15) is 6.04 Å². The van der Waals surface area contributed by atoms with Crippen LogP contribution >= 0.6 is 11.9 Å². The summed E-state index contributed by atoms with van der Waals surface area (Å²) in [6.07, 6.45) is -3.63. The van der Waals surface area contributed by atoms with Crippen LogP contribution in [0.5, 0.6) is 0 Å². The molecule has 3 nitrogen and oxygen atoms in total. The van der Waals surface area contributed by atoms with Gasteiger partial charge in [-0.3, -0.25) is 4.79 Å². The summed E-state index contributed by atoms with van der Waals surface area (Å²) in [4.78, 5) is 11.3. The molecule has 0 aliphatic heterocycles. The fourth-order valence-corrected chi connectivity index (χ4v) is 2.69. The molecule has 1 N–H and O–H groups in total. The van der Waals surface area contributed by atoms with Gasteiger partial charge in [0.05, 0.1) is 4.90 Å². The Labute approximate surface area is 134 Å². The topological polar surface area (TPSA) is 34.0 Å². The molecule has 124 valence electrons. The van der Waals surface area contributed by atoms with E-state index in [0.29, 0.717) is 11.9 Å². The molecule has 1 unspecified atom stereocenters. The van der Waals surface area contributed by atoms with E-state index in [1.54, 1.807) is 19.1 Å². The van der Waals surface area contributed by atoms with Crippen LogP contribution in [0.4, 0.5) is 17.6 Å². The van der Waals surface area contributed by atoms with Crippen molar-refractivity contribution in [3.63, 3.8) is 0 Å². The molecule has 0 fully saturated rings. The number of rotatable bonds is 4. The van der Waals surface area contributed by atoms with Crippen molar-refractivity contribution in [3.8, 4) is 0 Å². The minimum Gasteiger partial charge on any atom is -0.316 e. The van der Waals surface area contributed by atoms with Gasteiger partial charge in [-0.25, -0.2) is 9.11 Å². The third-order valence-corrected chi connectivity index (χ3v) is 4.06. The van der Waals surface area contributed by atoms with Gasteiger partial charge in [0.2, 0.25) is 0 Å². The van der Waals surface area contributed by atoms with Gasteiger partial charge in [-0.15, -0.1) is 0 Å². The Kier molecular flexibility index (Phi) is 5.16. The van der Waals surface area contributed by atoms with Crippen molar-refractivity contribution in [2.45, 2.75) is 24.0 Å². The van der Waals surface area contributed by atoms with Crippen molar-refractivity contribution in [2.75, 3.05) is 0 Å². The van der Waals surface area contributed by atoms with Gasteiger partial charge in [0, 0.05) is 19.3 Å². The molecule has 2 rings (SSSR count). The van der Waals surface area contributed by atoms with Crippen LogP contribution in [0.3, 0.4) is 0 Å². The molecule has 1 aromatic carbocycles. The van der Waals surface area contributed by atoms with Gasteiger partial charge in [-0.05, 0) is 24.4 Å². The van der Waals surface area contributed by atoms with E-state index >= 15 is 0 Å². The van der Waals surface area contributed by atoms with Crippen molar-refractivity contribution >= 4 is 11.9 Å². The first kappa shape index (κ1) is 17.6. The molecule has 0 radical (unpaired) electrons. The Hall–Kier alpha value is -1.80. The number of pyridine rings is 1. The summed E-state index contributed by atoms with van der Waals surface area (Å²) < 4.78 is 56.6. The molecule has 1 heterocycles. The van der Waals surface area contributed by atoms with Crippen LogP contribution in [0.1, 0.15) is 17.2 Å². The minimum atomic E-state index is -4.56. The molecular formula is C15H14F4N2OS. The Morgan fingerprint density at radius 1 is 1.22 bits per heavy atom. The lowest BCUT2D eigenvalue weighted by atomic mass is 10.1. The van der Waals surface area contributed by atoms with Gasteiger partial charge in [0.15, 0.2) is 5.82 Å². The number of benzene rings is 1. The maximum atomic E-state index is 13.7. The van der Waals surface area contributed by atoms with Gasteiger partial charge in [-0.2, -0.15) is 13.2 Å². The Morgan fingerprint density at radius 3 is 2.39 bits per heavy atom. The van der Waals surface area contributed by atoms with Crippen LogP contribution in [0.2, 0.25) is 0 Å². The molecule has 2 aromatic rings. The summed E-state index contributed by atoms with van der Waals surface area (Å²) in [5.41, 5.74) is 0.342. The number of hydrogen-bond acceptors (Lipinski definition) is 3. The quantitative estimate of drug-likeness (QED) is 0.677. The summed E-state index contributed by atoms with van der Waals surface area (Å²) in [6, 6.07) is 4.84. The van der Waals surface area contributed by atoms with E-state index in [1.807, 2.05) is 0 Å².